The van der Waals surface area contributed by atoms with Crippen LogP contribution in [0.1, 0.15) is 31.1 Å². The molecule has 2 heterocycles. The number of carbonyl (C=O) groups excluding carboxylic acids is 1. The van der Waals surface area contributed by atoms with Crippen LogP contribution in [0, 0.1) is 0 Å². The number of fused-ring (bicyclic) bond motifs is 1. The van der Waals surface area contributed by atoms with Crippen molar-refractivity contribution in [2.24, 2.45) is 0 Å². The third kappa shape index (κ3) is 4.09. The van der Waals surface area contributed by atoms with Gasteiger partial charge in [-0.05, 0) is 45.0 Å². The van der Waals surface area contributed by atoms with Crippen LogP contribution in [0.2, 0.25) is 5.02 Å². The Morgan fingerprint density at radius 2 is 1.89 bits per heavy atom. The molecule has 0 unspecified atom stereocenters. The maximum Gasteiger partial charge on any atom is 0.252 e. The minimum absolute atomic E-state index is 0.120. The van der Waals surface area contributed by atoms with Crippen molar-refractivity contribution < 1.29 is 9.53 Å². The third-order valence-corrected chi connectivity index (χ3v) is 3.98. The first kappa shape index (κ1) is 18.8. The van der Waals surface area contributed by atoms with Gasteiger partial charge in [0.2, 0.25) is 11.8 Å². The Labute approximate surface area is 161 Å². The number of pyridine rings is 1. The van der Waals surface area contributed by atoms with Gasteiger partial charge in [-0.15, -0.1) is 0 Å². The van der Waals surface area contributed by atoms with Gasteiger partial charge in [0.25, 0.3) is 5.91 Å². The minimum atomic E-state index is -0.468. The minimum Gasteiger partial charge on any atom is -0.470 e. The number of aromatic nitrogens is 3. The lowest BCUT2D eigenvalue weighted by atomic mass is 10.1. The Balaban J connectivity index is 2.11. The van der Waals surface area contributed by atoms with Gasteiger partial charge in [-0.3, -0.25) is 4.79 Å². The van der Waals surface area contributed by atoms with Gasteiger partial charge < -0.3 is 15.8 Å². The number of carbonyl (C=O) groups is 1. The van der Waals surface area contributed by atoms with E-state index in [1.165, 1.54) is 0 Å². The lowest BCUT2D eigenvalue weighted by molar-refractivity contribution is 0.0963. The molecular formula is C19H20ClN5O2. The molecule has 0 aliphatic carbocycles. The van der Waals surface area contributed by atoms with Gasteiger partial charge in [0.1, 0.15) is 5.60 Å². The highest BCUT2D eigenvalue weighted by atomic mass is 35.5. The van der Waals surface area contributed by atoms with Gasteiger partial charge in [0.05, 0.1) is 21.8 Å². The largest absolute Gasteiger partial charge is 0.470 e. The Bertz CT molecular complexity index is 1030. The summed E-state index contributed by atoms with van der Waals surface area (Å²) in [6.45, 7) is 5.74. The van der Waals surface area contributed by atoms with Crippen LogP contribution in [0.25, 0.3) is 22.3 Å². The van der Waals surface area contributed by atoms with Crippen molar-refractivity contribution >= 4 is 34.5 Å². The van der Waals surface area contributed by atoms with E-state index < -0.39 is 5.60 Å². The lowest BCUT2D eigenvalue weighted by Gasteiger charge is -2.21. The fraction of sp³-hybridized carbons (Fsp3) is 0.263. The summed E-state index contributed by atoms with van der Waals surface area (Å²) < 4.78 is 5.90. The van der Waals surface area contributed by atoms with Gasteiger partial charge in [-0.2, -0.15) is 4.98 Å². The van der Waals surface area contributed by atoms with Crippen molar-refractivity contribution in [2.75, 3.05) is 12.8 Å². The summed E-state index contributed by atoms with van der Waals surface area (Å²) in [7, 11) is 1.56. The second-order valence-electron chi connectivity index (χ2n) is 6.94. The molecule has 3 N–H and O–H groups in total. The molecule has 0 atom stereocenters. The van der Waals surface area contributed by atoms with E-state index >= 15 is 0 Å². The number of rotatable bonds is 3. The number of nitrogens with zero attached hydrogens (tertiary/aromatic N) is 3. The molecule has 8 heteroatoms. The predicted molar refractivity (Wildman–Crippen MR) is 106 cm³/mol. The monoisotopic (exact) mass is 385 g/mol. The van der Waals surface area contributed by atoms with E-state index in [2.05, 4.69) is 20.3 Å². The second-order valence-corrected chi connectivity index (χ2v) is 7.35. The zero-order valence-corrected chi connectivity index (χ0v) is 16.3. The standard InChI is InChI=1S/C19H20ClN5O2/c1-19(2,3)27-17-15-14(24-18(21)25-17)8-7-13(23-15)10-5-6-11(12(20)9-10)16(26)22-4/h5-9H,1-4H3,(H,22,26)(H2,21,24,25). The first-order valence-corrected chi connectivity index (χ1v) is 8.71. The van der Waals surface area contributed by atoms with Gasteiger partial charge >= 0.3 is 0 Å². The van der Waals surface area contributed by atoms with Gasteiger partial charge in [0, 0.05) is 12.6 Å². The number of nitrogens with one attached hydrogen (secondary N) is 1. The molecule has 1 amide bonds. The van der Waals surface area contributed by atoms with E-state index in [9.17, 15) is 4.79 Å². The molecular weight excluding hydrogens is 366 g/mol. The van der Waals surface area contributed by atoms with E-state index in [4.69, 9.17) is 22.1 Å². The number of anilines is 1. The first-order chi connectivity index (χ1) is 12.7. The summed E-state index contributed by atoms with van der Waals surface area (Å²) in [5.41, 5.74) is 8.21. The highest BCUT2D eigenvalue weighted by Gasteiger charge is 2.18. The SMILES string of the molecule is CNC(=O)c1ccc(-c2ccc3nc(N)nc(OC(C)(C)C)c3n2)cc1Cl. The van der Waals surface area contributed by atoms with Crippen LogP contribution in [0.4, 0.5) is 5.95 Å². The first-order valence-electron chi connectivity index (χ1n) is 8.33. The van der Waals surface area contributed by atoms with E-state index in [0.29, 0.717) is 33.2 Å². The normalized spacial score (nSPS) is 11.4. The van der Waals surface area contributed by atoms with E-state index in [1.54, 1.807) is 37.4 Å². The molecule has 3 rings (SSSR count). The molecule has 3 aromatic rings. The van der Waals surface area contributed by atoms with Crippen molar-refractivity contribution in [3.63, 3.8) is 0 Å². The molecule has 0 saturated carbocycles. The summed E-state index contributed by atoms with van der Waals surface area (Å²) >= 11 is 6.26. The number of hydrogen-bond acceptors (Lipinski definition) is 6. The number of benzene rings is 1. The predicted octanol–water partition coefficient (Wildman–Crippen LogP) is 3.46. The number of nitrogens with two attached hydrogens (primary N) is 1. The summed E-state index contributed by atoms with van der Waals surface area (Å²) in [4.78, 5) is 24.9. The van der Waals surface area contributed by atoms with E-state index in [0.717, 1.165) is 5.56 Å². The highest BCUT2D eigenvalue weighted by Crippen LogP contribution is 2.29. The lowest BCUT2D eigenvalue weighted by Crippen LogP contribution is -2.24. The van der Waals surface area contributed by atoms with Crippen LogP contribution >= 0.6 is 11.6 Å². The Kier molecular flexibility index (Phi) is 4.89. The zero-order chi connectivity index (χ0) is 19.8. The molecule has 2 aromatic heterocycles. The maximum atomic E-state index is 11.8. The summed E-state index contributed by atoms with van der Waals surface area (Å²) in [5.74, 6) is 0.192. The molecule has 1 aromatic carbocycles. The van der Waals surface area contributed by atoms with Gasteiger partial charge in [-0.25, -0.2) is 9.97 Å². The molecule has 0 bridgehead atoms. The van der Waals surface area contributed by atoms with Crippen molar-refractivity contribution in [2.45, 2.75) is 26.4 Å². The number of amides is 1. The molecule has 140 valence electrons. The van der Waals surface area contributed by atoms with Crippen LogP contribution in [0.15, 0.2) is 30.3 Å². The van der Waals surface area contributed by atoms with Crippen LogP contribution < -0.4 is 15.8 Å². The topological polar surface area (TPSA) is 103 Å². The van der Waals surface area contributed by atoms with Crippen molar-refractivity contribution in [3.8, 4) is 17.1 Å². The van der Waals surface area contributed by atoms with Crippen LogP contribution in [-0.4, -0.2) is 33.5 Å². The van der Waals surface area contributed by atoms with E-state index in [-0.39, 0.29) is 11.9 Å². The molecule has 0 radical (unpaired) electrons. The number of hydrogen-bond donors (Lipinski definition) is 2. The Morgan fingerprint density at radius 1 is 1.15 bits per heavy atom. The number of halogens is 1. The highest BCUT2D eigenvalue weighted by molar-refractivity contribution is 6.34. The summed E-state index contributed by atoms with van der Waals surface area (Å²) in [6, 6.07) is 8.75. The third-order valence-electron chi connectivity index (χ3n) is 3.67. The number of nitrogen functional groups attached to an aromatic ring is 1. The second kappa shape index (κ2) is 7.00. The average Bonchev–Trinajstić information content (AvgIpc) is 2.59. The average molecular weight is 386 g/mol. The van der Waals surface area contributed by atoms with E-state index in [1.807, 2.05) is 20.8 Å². The van der Waals surface area contributed by atoms with Crippen LogP contribution in [-0.2, 0) is 0 Å². The Hall–Kier alpha value is -2.93. The number of ether oxygens (including phenoxy) is 1. The van der Waals surface area contributed by atoms with Gasteiger partial charge in [-0.1, -0.05) is 17.7 Å². The molecule has 0 fully saturated rings. The Morgan fingerprint density at radius 3 is 2.52 bits per heavy atom. The summed E-state index contributed by atoms with van der Waals surface area (Å²) in [6.07, 6.45) is 0. The molecule has 0 saturated heterocycles. The molecule has 0 aliphatic heterocycles. The summed E-state index contributed by atoms with van der Waals surface area (Å²) in [5, 5.41) is 2.90. The van der Waals surface area contributed by atoms with Crippen molar-refractivity contribution in [1.82, 2.24) is 20.3 Å². The fourth-order valence-electron chi connectivity index (χ4n) is 2.52. The van der Waals surface area contributed by atoms with Crippen LogP contribution in [0.5, 0.6) is 5.88 Å². The molecule has 7 nitrogen and oxygen atoms in total. The smallest absolute Gasteiger partial charge is 0.252 e. The zero-order valence-electron chi connectivity index (χ0n) is 15.5. The van der Waals surface area contributed by atoms with Crippen LogP contribution in [0.3, 0.4) is 0 Å². The molecule has 27 heavy (non-hydrogen) atoms. The van der Waals surface area contributed by atoms with Crippen molar-refractivity contribution in [3.05, 3.63) is 40.9 Å². The fourth-order valence-corrected chi connectivity index (χ4v) is 2.79. The molecule has 0 spiro atoms. The maximum absolute atomic E-state index is 11.8. The van der Waals surface area contributed by atoms with Gasteiger partial charge in [0.15, 0.2) is 5.52 Å². The quantitative estimate of drug-likeness (QED) is 0.715. The van der Waals surface area contributed by atoms with Crippen molar-refractivity contribution in [1.29, 1.82) is 0 Å². The molecule has 0 aliphatic rings.